The minimum atomic E-state index is -0.459. The third kappa shape index (κ3) is 4.12. The van der Waals surface area contributed by atoms with Gasteiger partial charge in [0, 0.05) is 37.0 Å². The standard InChI is InChI=1S/C26H31FN4OS/c1-4-17(3)23-28-24(22-19-10-9-16(2)15-21(19)33-25(22)29-23)30-11-13-31(14-12-30)26(32)18-7-5-6-8-20(18)27/h5-8,16-17H,4,9-15H2,1-3H3/t16-,17+/m1/s1. The zero-order valence-corrected chi connectivity index (χ0v) is 20.4. The van der Waals surface area contributed by atoms with E-state index in [4.69, 9.17) is 9.97 Å². The SMILES string of the molecule is CC[C@H](C)c1nc(N2CCN(C(=O)c3ccccc3F)CC2)c2c3c(sc2n1)C[C@H](C)CC3. The Hall–Kier alpha value is -2.54. The quantitative estimate of drug-likeness (QED) is 0.514. The molecule has 3 heterocycles. The minimum absolute atomic E-state index is 0.149. The number of thiophene rings is 1. The summed E-state index contributed by atoms with van der Waals surface area (Å²) in [6.45, 7) is 9.18. The number of benzene rings is 1. The van der Waals surface area contributed by atoms with Gasteiger partial charge < -0.3 is 9.80 Å². The molecular weight excluding hydrogens is 435 g/mol. The molecule has 0 bridgehead atoms. The van der Waals surface area contributed by atoms with Crippen LogP contribution in [0, 0.1) is 11.7 Å². The normalized spacial score (nSPS) is 19.6. The summed E-state index contributed by atoms with van der Waals surface area (Å²) in [5.41, 5.74) is 1.58. The van der Waals surface area contributed by atoms with Crippen LogP contribution in [0.15, 0.2) is 24.3 Å². The van der Waals surface area contributed by atoms with Crippen LogP contribution in [-0.4, -0.2) is 47.0 Å². The molecule has 174 valence electrons. The van der Waals surface area contributed by atoms with E-state index in [0.717, 1.165) is 35.7 Å². The lowest BCUT2D eigenvalue weighted by Gasteiger charge is -2.36. The third-order valence-electron chi connectivity index (χ3n) is 7.18. The molecular formula is C26H31FN4OS. The zero-order valence-electron chi connectivity index (χ0n) is 19.6. The van der Waals surface area contributed by atoms with Crippen LogP contribution in [0.2, 0.25) is 0 Å². The Kier molecular flexibility index (Phi) is 6.08. The smallest absolute Gasteiger partial charge is 0.256 e. The van der Waals surface area contributed by atoms with Crippen LogP contribution in [-0.2, 0) is 12.8 Å². The lowest BCUT2D eigenvalue weighted by molar-refractivity contribution is 0.0742. The van der Waals surface area contributed by atoms with Crippen molar-refractivity contribution in [3.05, 3.63) is 51.9 Å². The van der Waals surface area contributed by atoms with Crippen molar-refractivity contribution in [2.45, 2.75) is 52.4 Å². The summed E-state index contributed by atoms with van der Waals surface area (Å²) >= 11 is 1.84. The fourth-order valence-electron chi connectivity index (χ4n) is 4.90. The van der Waals surface area contributed by atoms with Crippen molar-refractivity contribution in [1.29, 1.82) is 0 Å². The molecule has 7 heteroatoms. The van der Waals surface area contributed by atoms with Gasteiger partial charge in [-0.25, -0.2) is 14.4 Å². The van der Waals surface area contributed by atoms with E-state index in [1.54, 1.807) is 23.1 Å². The first-order chi connectivity index (χ1) is 16.0. The predicted octanol–water partition coefficient (Wildman–Crippen LogP) is 5.43. The number of amides is 1. The number of hydrogen-bond acceptors (Lipinski definition) is 5. The Balaban J connectivity index is 1.46. The van der Waals surface area contributed by atoms with Gasteiger partial charge in [0.25, 0.3) is 5.91 Å². The molecule has 5 rings (SSSR count). The first kappa shape index (κ1) is 22.3. The molecule has 33 heavy (non-hydrogen) atoms. The van der Waals surface area contributed by atoms with Gasteiger partial charge in [-0.05, 0) is 49.3 Å². The van der Waals surface area contributed by atoms with E-state index < -0.39 is 5.82 Å². The fourth-order valence-corrected chi connectivity index (χ4v) is 6.28. The largest absolute Gasteiger partial charge is 0.352 e. The van der Waals surface area contributed by atoms with Gasteiger partial charge in [-0.3, -0.25) is 4.79 Å². The summed E-state index contributed by atoms with van der Waals surface area (Å²) in [5.74, 6) is 2.26. The number of aryl methyl sites for hydroxylation is 1. The number of rotatable bonds is 4. The van der Waals surface area contributed by atoms with E-state index in [2.05, 4.69) is 25.7 Å². The van der Waals surface area contributed by atoms with Crippen molar-refractivity contribution >= 4 is 33.3 Å². The number of halogens is 1. The third-order valence-corrected chi connectivity index (χ3v) is 8.33. The lowest BCUT2D eigenvalue weighted by atomic mass is 9.89. The van der Waals surface area contributed by atoms with Crippen molar-refractivity contribution in [2.24, 2.45) is 5.92 Å². The summed E-state index contributed by atoms with van der Waals surface area (Å²) in [6, 6.07) is 6.23. The molecule has 1 aliphatic carbocycles. The van der Waals surface area contributed by atoms with Crippen LogP contribution in [0.25, 0.3) is 10.2 Å². The Bertz CT molecular complexity index is 1180. The number of nitrogens with zero attached hydrogens (tertiary/aromatic N) is 4. The van der Waals surface area contributed by atoms with Gasteiger partial charge in [-0.1, -0.05) is 32.9 Å². The van der Waals surface area contributed by atoms with Crippen molar-refractivity contribution in [3.8, 4) is 0 Å². The number of fused-ring (bicyclic) bond motifs is 3. The molecule has 2 aromatic heterocycles. The molecule has 1 aliphatic heterocycles. The Morgan fingerprint density at radius 2 is 1.97 bits per heavy atom. The molecule has 0 saturated carbocycles. The predicted molar refractivity (Wildman–Crippen MR) is 132 cm³/mol. The summed E-state index contributed by atoms with van der Waals surface area (Å²) < 4.78 is 14.1. The van der Waals surface area contributed by atoms with E-state index in [0.29, 0.717) is 38.0 Å². The van der Waals surface area contributed by atoms with Crippen LogP contribution in [0.3, 0.4) is 0 Å². The lowest BCUT2D eigenvalue weighted by Crippen LogP contribution is -2.49. The summed E-state index contributed by atoms with van der Waals surface area (Å²) in [7, 11) is 0. The van der Waals surface area contributed by atoms with E-state index >= 15 is 0 Å². The van der Waals surface area contributed by atoms with Crippen LogP contribution < -0.4 is 4.90 Å². The molecule has 3 aromatic rings. The Morgan fingerprint density at radius 1 is 1.21 bits per heavy atom. The van der Waals surface area contributed by atoms with Gasteiger partial charge in [0.1, 0.15) is 22.3 Å². The van der Waals surface area contributed by atoms with E-state index in [9.17, 15) is 9.18 Å². The fraction of sp³-hybridized carbons (Fsp3) is 0.500. The molecule has 1 saturated heterocycles. The second-order valence-corrected chi connectivity index (χ2v) is 10.6. The van der Waals surface area contributed by atoms with E-state index in [1.165, 1.54) is 28.3 Å². The minimum Gasteiger partial charge on any atom is -0.352 e. The molecule has 2 aliphatic rings. The number of anilines is 1. The highest BCUT2D eigenvalue weighted by Gasteiger charge is 2.29. The molecule has 1 fully saturated rings. The topological polar surface area (TPSA) is 49.3 Å². The van der Waals surface area contributed by atoms with Crippen molar-refractivity contribution in [1.82, 2.24) is 14.9 Å². The summed E-state index contributed by atoms with van der Waals surface area (Å²) in [5, 5.41) is 1.22. The monoisotopic (exact) mass is 466 g/mol. The first-order valence-electron chi connectivity index (χ1n) is 12.1. The molecule has 0 unspecified atom stereocenters. The Labute approximate surface area is 198 Å². The van der Waals surface area contributed by atoms with Crippen LogP contribution in [0.5, 0.6) is 0 Å². The molecule has 1 amide bonds. The van der Waals surface area contributed by atoms with Crippen LogP contribution in [0.4, 0.5) is 10.2 Å². The highest BCUT2D eigenvalue weighted by atomic mass is 32.1. The van der Waals surface area contributed by atoms with Crippen molar-refractivity contribution in [2.75, 3.05) is 31.1 Å². The molecule has 2 atom stereocenters. The van der Waals surface area contributed by atoms with Gasteiger partial charge in [-0.2, -0.15) is 0 Å². The second-order valence-electron chi connectivity index (χ2n) is 9.51. The van der Waals surface area contributed by atoms with Gasteiger partial charge in [-0.15, -0.1) is 11.3 Å². The average Bonchev–Trinajstić information content (AvgIpc) is 3.20. The van der Waals surface area contributed by atoms with E-state index in [1.807, 2.05) is 11.3 Å². The molecule has 0 spiro atoms. The van der Waals surface area contributed by atoms with Crippen LogP contribution >= 0.6 is 11.3 Å². The van der Waals surface area contributed by atoms with Gasteiger partial charge in [0.15, 0.2) is 0 Å². The maximum Gasteiger partial charge on any atom is 0.256 e. The second kappa shape index (κ2) is 9.01. The number of piperazine rings is 1. The molecule has 0 N–H and O–H groups in total. The van der Waals surface area contributed by atoms with E-state index in [-0.39, 0.29) is 11.5 Å². The maximum absolute atomic E-state index is 14.1. The highest BCUT2D eigenvalue weighted by Crippen LogP contribution is 2.42. The molecule has 5 nitrogen and oxygen atoms in total. The number of carbonyl (C=O) groups is 1. The summed E-state index contributed by atoms with van der Waals surface area (Å²) in [4.78, 5) is 29.6. The average molecular weight is 467 g/mol. The van der Waals surface area contributed by atoms with Gasteiger partial charge in [0.2, 0.25) is 0 Å². The molecule has 1 aromatic carbocycles. The van der Waals surface area contributed by atoms with Gasteiger partial charge >= 0.3 is 0 Å². The Morgan fingerprint density at radius 3 is 2.70 bits per heavy atom. The summed E-state index contributed by atoms with van der Waals surface area (Å²) in [6.07, 6.45) is 4.41. The number of hydrogen-bond donors (Lipinski definition) is 0. The number of aromatic nitrogens is 2. The van der Waals surface area contributed by atoms with Crippen molar-refractivity contribution in [3.63, 3.8) is 0 Å². The first-order valence-corrected chi connectivity index (χ1v) is 12.9. The zero-order chi connectivity index (χ0) is 23.1. The van der Waals surface area contributed by atoms with Crippen LogP contribution in [0.1, 0.15) is 66.2 Å². The maximum atomic E-state index is 14.1. The van der Waals surface area contributed by atoms with Gasteiger partial charge in [0.05, 0.1) is 10.9 Å². The van der Waals surface area contributed by atoms with Crippen molar-refractivity contribution < 1.29 is 9.18 Å². The molecule has 0 radical (unpaired) electrons. The highest BCUT2D eigenvalue weighted by molar-refractivity contribution is 7.19. The number of carbonyl (C=O) groups excluding carboxylic acids is 1.